The Kier molecular flexibility index (Phi) is 9.50. The molecule has 2 amide bonds. The lowest BCUT2D eigenvalue weighted by Gasteiger charge is -2.42. The summed E-state index contributed by atoms with van der Waals surface area (Å²) in [7, 11) is 0. The van der Waals surface area contributed by atoms with Crippen LogP contribution in [0.25, 0.3) is 0 Å². The van der Waals surface area contributed by atoms with E-state index < -0.39 is 40.5 Å². The van der Waals surface area contributed by atoms with Gasteiger partial charge in [-0.1, -0.05) is 99.2 Å². The second-order valence-corrected chi connectivity index (χ2v) is 12.4. The van der Waals surface area contributed by atoms with Crippen LogP contribution in [0.2, 0.25) is 0 Å². The van der Waals surface area contributed by atoms with Gasteiger partial charge in [-0.25, -0.2) is 0 Å². The quantitative estimate of drug-likeness (QED) is 0.327. The van der Waals surface area contributed by atoms with Crippen LogP contribution in [0.3, 0.4) is 0 Å². The van der Waals surface area contributed by atoms with Crippen LogP contribution in [0.15, 0.2) is 60.7 Å². The number of nitrogens with one attached hydrogen (secondary N) is 2. The molecule has 0 heterocycles. The first-order valence-electron chi connectivity index (χ1n) is 14.8. The van der Waals surface area contributed by atoms with Gasteiger partial charge in [0.25, 0.3) is 0 Å². The average Bonchev–Trinajstić information content (AvgIpc) is 2.94. The second-order valence-electron chi connectivity index (χ2n) is 12.4. The lowest BCUT2D eigenvalue weighted by Crippen LogP contribution is -2.61. The fourth-order valence-electron chi connectivity index (χ4n) is 6.26. The molecule has 0 radical (unpaired) electrons. The molecule has 2 unspecified atom stereocenters. The second kappa shape index (κ2) is 12.6. The van der Waals surface area contributed by atoms with Crippen LogP contribution >= 0.6 is 0 Å². The minimum atomic E-state index is -1.39. The van der Waals surface area contributed by atoms with E-state index in [1.54, 1.807) is 13.8 Å². The summed E-state index contributed by atoms with van der Waals surface area (Å²) in [5.74, 6) is -0.817. The van der Waals surface area contributed by atoms with E-state index in [1.807, 2.05) is 60.7 Å². The summed E-state index contributed by atoms with van der Waals surface area (Å²) in [5.41, 5.74) is -1.34. The van der Waals surface area contributed by atoms with Gasteiger partial charge < -0.3 is 20.8 Å². The smallest absolute Gasteiger partial charge is 0.235 e. The summed E-state index contributed by atoms with van der Waals surface area (Å²) in [4.78, 5) is 27.5. The maximum atomic E-state index is 13.7. The molecule has 6 heteroatoms. The van der Waals surface area contributed by atoms with Crippen molar-refractivity contribution < 1.29 is 19.8 Å². The van der Waals surface area contributed by atoms with Crippen molar-refractivity contribution >= 4 is 11.8 Å². The zero-order valence-corrected chi connectivity index (χ0v) is 23.6. The molecular weight excluding hydrogens is 488 g/mol. The normalized spacial score (nSPS) is 20.4. The molecule has 2 aliphatic rings. The van der Waals surface area contributed by atoms with Crippen LogP contribution in [-0.4, -0.2) is 45.3 Å². The summed E-state index contributed by atoms with van der Waals surface area (Å²) < 4.78 is 0. The molecule has 2 fully saturated rings. The summed E-state index contributed by atoms with van der Waals surface area (Å²) in [5, 5.41) is 29.4. The number of benzene rings is 2. The first-order valence-corrected chi connectivity index (χ1v) is 14.8. The topological polar surface area (TPSA) is 98.7 Å². The van der Waals surface area contributed by atoms with Crippen molar-refractivity contribution in [2.45, 2.75) is 114 Å². The first kappa shape index (κ1) is 29.3. The van der Waals surface area contributed by atoms with E-state index in [0.29, 0.717) is 38.5 Å². The van der Waals surface area contributed by atoms with Gasteiger partial charge in [-0.15, -0.1) is 0 Å². The maximum Gasteiger partial charge on any atom is 0.235 e. The predicted octanol–water partition coefficient (Wildman–Crippen LogP) is 4.86. The zero-order valence-electron chi connectivity index (χ0n) is 23.6. The standard InChI is InChI=1S/C33H46N2O4/c1-31(2,29(36)34-27(23-25-15-7-3-8-16-25)32(38)19-11-5-12-20-32)30(37)35-28(24-26-17-9-4-10-18-26)33(39)21-13-6-14-22-33/h3-4,7-10,15-18,27-28,38-39H,5-6,11-14,19-24H2,1-2H3,(H,34,36)(H,35,37). The summed E-state index contributed by atoms with van der Waals surface area (Å²) in [6.45, 7) is 3.26. The fourth-order valence-corrected chi connectivity index (χ4v) is 6.26. The molecule has 4 N–H and O–H groups in total. The Morgan fingerprint density at radius 1 is 0.667 bits per heavy atom. The molecule has 0 aromatic heterocycles. The van der Waals surface area contributed by atoms with Gasteiger partial charge in [0.2, 0.25) is 11.8 Å². The van der Waals surface area contributed by atoms with Gasteiger partial charge in [-0.3, -0.25) is 9.59 Å². The molecule has 2 aromatic carbocycles. The Morgan fingerprint density at radius 3 is 1.33 bits per heavy atom. The van der Waals surface area contributed by atoms with E-state index in [9.17, 15) is 19.8 Å². The molecule has 212 valence electrons. The van der Waals surface area contributed by atoms with Gasteiger partial charge in [0.05, 0.1) is 23.3 Å². The Labute approximate surface area is 233 Å². The van der Waals surface area contributed by atoms with E-state index in [-0.39, 0.29) is 0 Å². The van der Waals surface area contributed by atoms with Crippen LogP contribution < -0.4 is 10.6 Å². The van der Waals surface area contributed by atoms with E-state index in [4.69, 9.17) is 0 Å². The van der Waals surface area contributed by atoms with E-state index in [2.05, 4.69) is 10.6 Å². The van der Waals surface area contributed by atoms with Gasteiger partial charge in [0, 0.05) is 0 Å². The van der Waals surface area contributed by atoms with Crippen LogP contribution in [0, 0.1) is 5.41 Å². The highest BCUT2D eigenvalue weighted by Gasteiger charge is 2.45. The maximum absolute atomic E-state index is 13.7. The minimum Gasteiger partial charge on any atom is -0.388 e. The number of carbonyl (C=O) groups excluding carboxylic acids is 2. The molecule has 4 rings (SSSR count). The van der Waals surface area contributed by atoms with Gasteiger partial charge in [-0.2, -0.15) is 0 Å². The largest absolute Gasteiger partial charge is 0.388 e. The van der Waals surface area contributed by atoms with Crippen LogP contribution in [0.5, 0.6) is 0 Å². The molecule has 2 aromatic rings. The molecule has 0 aliphatic heterocycles. The monoisotopic (exact) mass is 534 g/mol. The molecule has 0 bridgehead atoms. The Hall–Kier alpha value is -2.70. The number of rotatable bonds is 10. The zero-order chi connectivity index (χ0) is 27.9. The van der Waals surface area contributed by atoms with E-state index in [1.165, 1.54) is 0 Å². The predicted molar refractivity (Wildman–Crippen MR) is 154 cm³/mol. The molecule has 2 saturated carbocycles. The lowest BCUT2D eigenvalue weighted by atomic mass is 9.76. The highest BCUT2D eigenvalue weighted by Crippen LogP contribution is 2.35. The van der Waals surface area contributed by atoms with Crippen molar-refractivity contribution in [1.29, 1.82) is 0 Å². The van der Waals surface area contributed by atoms with Crippen molar-refractivity contribution in [3.8, 4) is 0 Å². The van der Waals surface area contributed by atoms with Crippen molar-refractivity contribution in [2.75, 3.05) is 0 Å². The number of amides is 2. The highest BCUT2D eigenvalue weighted by molar-refractivity contribution is 6.04. The Morgan fingerprint density at radius 2 is 1.00 bits per heavy atom. The van der Waals surface area contributed by atoms with Crippen molar-refractivity contribution in [2.24, 2.45) is 5.41 Å². The molecule has 2 aliphatic carbocycles. The van der Waals surface area contributed by atoms with Crippen LogP contribution in [0.4, 0.5) is 0 Å². The molecule has 6 nitrogen and oxygen atoms in total. The highest BCUT2D eigenvalue weighted by atomic mass is 16.3. The summed E-state index contributed by atoms with van der Waals surface area (Å²) in [6.07, 6.45) is 9.33. The minimum absolute atomic E-state index is 0.408. The van der Waals surface area contributed by atoms with Gasteiger partial charge >= 0.3 is 0 Å². The molecule has 39 heavy (non-hydrogen) atoms. The number of hydrogen-bond donors (Lipinski definition) is 4. The third kappa shape index (κ3) is 7.29. The number of aliphatic hydroxyl groups is 2. The Bertz CT molecular complexity index is 988. The summed E-state index contributed by atoms with van der Waals surface area (Å²) >= 11 is 0. The SMILES string of the molecule is CC(C)(C(=O)NC(Cc1ccccc1)C1(O)CCCCC1)C(=O)NC(Cc1ccccc1)C1(O)CCCCC1. The van der Waals surface area contributed by atoms with Gasteiger partial charge in [0.15, 0.2) is 0 Å². The third-order valence-corrected chi connectivity index (χ3v) is 9.05. The van der Waals surface area contributed by atoms with Gasteiger partial charge in [-0.05, 0) is 63.5 Å². The molecule has 2 atom stereocenters. The fraction of sp³-hybridized carbons (Fsp3) is 0.576. The van der Waals surface area contributed by atoms with Crippen molar-refractivity contribution in [3.05, 3.63) is 71.8 Å². The van der Waals surface area contributed by atoms with Crippen LogP contribution in [-0.2, 0) is 22.4 Å². The molecule has 0 saturated heterocycles. The molecular formula is C33H46N2O4. The third-order valence-electron chi connectivity index (χ3n) is 9.05. The van der Waals surface area contributed by atoms with E-state index in [0.717, 1.165) is 49.7 Å². The van der Waals surface area contributed by atoms with E-state index >= 15 is 0 Å². The number of hydrogen-bond acceptors (Lipinski definition) is 4. The summed E-state index contributed by atoms with van der Waals surface area (Å²) in [6, 6.07) is 18.7. The van der Waals surface area contributed by atoms with Gasteiger partial charge in [0.1, 0.15) is 5.41 Å². The Balaban J connectivity index is 1.52. The van der Waals surface area contributed by atoms with Crippen LogP contribution in [0.1, 0.15) is 89.2 Å². The number of carbonyl (C=O) groups is 2. The first-order chi connectivity index (χ1) is 18.6. The molecule has 0 spiro atoms. The van der Waals surface area contributed by atoms with Crippen molar-refractivity contribution in [3.63, 3.8) is 0 Å². The average molecular weight is 535 g/mol. The van der Waals surface area contributed by atoms with Crippen molar-refractivity contribution in [1.82, 2.24) is 10.6 Å². The lowest BCUT2D eigenvalue weighted by molar-refractivity contribution is -0.145.